The molecule has 1 aliphatic carbocycles. The van der Waals surface area contributed by atoms with Gasteiger partial charge in [0.1, 0.15) is 5.82 Å². The lowest BCUT2D eigenvalue weighted by Crippen LogP contribution is -2.36. The Morgan fingerprint density at radius 3 is 2.86 bits per heavy atom. The number of nitrogens with one attached hydrogen (secondary N) is 1. The predicted octanol–water partition coefficient (Wildman–Crippen LogP) is 3.85. The Bertz CT molecular complexity index is 768. The van der Waals surface area contributed by atoms with Crippen LogP contribution in [0.15, 0.2) is 29.0 Å². The Morgan fingerprint density at radius 2 is 2.18 bits per heavy atom. The highest BCUT2D eigenvalue weighted by Crippen LogP contribution is 2.43. The monoisotopic (exact) mass is 313 g/mol. The topological polar surface area (TPSA) is 55.1 Å². The highest BCUT2D eigenvalue weighted by Gasteiger charge is 2.34. The molecule has 0 amide bonds. The van der Waals surface area contributed by atoms with E-state index in [9.17, 15) is 0 Å². The van der Waals surface area contributed by atoms with Gasteiger partial charge in [0.2, 0.25) is 0 Å². The summed E-state index contributed by atoms with van der Waals surface area (Å²) in [6.07, 6.45) is 5.24. The van der Waals surface area contributed by atoms with Gasteiger partial charge in [-0.2, -0.15) is 15.9 Å². The van der Waals surface area contributed by atoms with E-state index < -0.39 is 0 Å². The number of rotatable bonds is 5. The van der Waals surface area contributed by atoms with Crippen molar-refractivity contribution >= 4 is 22.8 Å². The first kappa shape index (κ1) is 13.7. The van der Waals surface area contributed by atoms with E-state index in [2.05, 4.69) is 32.9 Å². The van der Waals surface area contributed by atoms with Crippen LogP contribution in [0.1, 0.15) is 32.6 Å². The number of aromatic nitrogens is 4. The summed E-state index contributed by atoms with van der Waals surface area (Å²) in [5.41, 5.74) is 2.31. The van der Waals surface area contributed by atoms with E-state index in [1.165, 1.54) is 25.7 Å². The van der Waals surface area contributed by atoms with Gasteiger partial charge in [-0.3, -0.25) is 0 Å². The molecule has 114 valence electrons. The second-order valence-corrected chi connectivity index (χ2v) is 6.86. The molecule has 3 aromatic rings. The summed E-state index contributed by atoms with van der Waals surface area (Å²) < 4.78 is 1.82. The van der Waals surface area contributed by atoms with Crippen LogP contribution in [0.3, 0.4) is 0 Å². The highest BCUT2D eigenvalue weighted by molar-refractivity contribution is 7.08. The van der Waals surface area contributed by atoms with Crippen molar-refractivity contribution in [3.8, 4) is 11.4 Å². The molecule has 0 atom stereocenters. The average Bonchev–Trinajstić information content (AvgIpc) is 3.15. The first-order chi connectivity index (χ1) is 10.8. The Balaban J connectivity index is 1.61. The lowest BCUT2D eigenvalue weighted by Gasteiger charge is -2.41. The summed E-state index contributed by atoms with van der Waals surface area (Å²) in [5.74, 6) is 1.69. The van der Waals surface area contributed by atoms with Gasteiger partial charge in [0.25, 0.3) is 0 Å². The van der Waals surface area contributed by atoms with Gasteiger partial charge < -0.3 is 5.32 Å². The molecule has 6 heteroatoms. The first-order valence-corrected chi connectivity index (χ1v) is 8.73. The van der Waals surface area contributed by atoms with E-state index in [4.69, 9.17) is 0 Å². The average molecular weight is 313 g/mol. The SMILES string of the molecule is CCC1(CNc2ccc3nnc(-c4ccsc4)n3n2)CCC1. The molecule has 0 spiro atoms. The van der Waals surface area contributed by atoms with Crippen molar-refractivity contribution in [2.45, 2.75) is 32.6 Å². The lowest BCUT2D eigenvalue weighted by atomic mass is 9.67. The Kier molecular flexibility index (Phi) is 3.33. The Morgan fingerprint density at radius 1 is 1.27 bits per heavy atom. The second kappa shape index (κ2) is 5.35. The van der Waals surface area contributed by atoms with Crippen molar-refractivity contribution in [1.82, 2.24) is 19.8 Å². The van der Waals surface area contributed by atoms with Gasteiger partial charge in [0.15, 0.2) is 11.5 Å². The zero-order valence-corrected chi connectivity index (χ0v) is 13.4. The van der Waals surface area contributed by atoms with E-state index in [-0.39, 0.29) is 0 Å². The summed E-state index contributed by atoms with van der Waals surface area (Å²) in [6.45, 7) is 3.28. The van der Waals surface area contributed by atoms with Crippen LogP contribution in [-0.2, 0) is 0 Å². The van der Waals surface area contributed by atoms with Gasteiger partial charge in [0.05, 0.1) is 0 Å². The van der Waals surface area contributed by atoms with Crippen LogP contribution >= 0.6 is 11.3 Å². The molecule has 0 aliphatic heterocycles. The van der Waals surface area contributed by atoms with Crippen LogP contribution in [0.2, 0.25) is 0 Å². The summed E-state index contributed by atoms with van der Waals surface area (Å²) >= 11 is 1.65. The van der Waals surface area contributed by atoms with Crippen LogP contribution in [0.5, 0.6) is 0 Å². The standard InChI is InChI=1S/C16H19N5S/c1-2-16(7-3-8-16)11-17-13-4-5-14-18-19-15(21(14)20-13)12-6-9-22-10-12/h4-6,9-10H,2-3,7-8,11H2,1H3,(H,17,20). The van der Waals surface area contributed by atoms with Crippen LogP contribution in [0, 0.1) is 5.41 Å². The predicted molar refractivity (Wildman–Crippen MR) is 89.2 cm³/mol. The van der Waals surface area contributed by atoms with E-state index in [1.54, 1.807) is 11.3 Å². The van der Waals surface area contributed by atoms with Crippen molar-refractivity contribution in [2.75, 3.05) is 11.9 Å². The van der Waals surface area contributed by atoms with E-state index in [0.29, 0.717) is 5.41 Å². The first-order valence-electron chi connectivity index (χ1n) is 7.79. The maximum atomic E-state index is 4.67. The number of fused-ring (bicyclic) bond motifs is 1. The zero-order valence-electron chi connectivity index (χ0n) is 12.6. The third kappa shape index (κ3) is 2.27. The number of thiophene rings is 1. The minimum Gasteiger partial charge on any atom is -0.368 e. The quantitative estimate of drug-likeness (QED) is 0.777. The molecular weight excluding hydrogens is 294 g/mol. The van der Waals surface area contributed by atoms with Crippen molar-refractivity contribution in [2.24, 2.45) is 5.41 Å². The van der Waals surface area contributed by atoms with Gasteiger partial charge in [-0.15, -0.1) is 15.3 Å². The van der Waals surface area contributed by atoms with Crippen molar-refractivity contribution in [3.63, 3.8) is 0 Å². The molecule has 0 bridgehead atoms. The maximum Gasteiger partial charge on any atom is 0.186 e. The fourth-order valence-corrected chi connectivity index (χ4v) is 3.70. The van der Waals surface area contributed by atoms with Crippen LogP contribution in [-0.4, -0.2) is 26.4 Å². The third-order valence-corrected chi connectivity index (χ3v) is 5.53. The molecule has 3 aromatic heterocycles. The van der Waals surface area contributed by atoms with E-state index >= 15 is 0 Å². The molecule has 0 radical (unpaired) electrons. The third-order valence-electron chi connectivity index (χ3n) is 4.85. The maximum absolute atomic E-state index is 4.67. The van der Waals surface area contributed by atoms with Gasteiger partial charge in [-0.05, 0) is 48.3 Å². The fraction of sp³-hybridized carbons (Fsp3) is 0.438. The number of nitrogens with zero attached hydrogens (tertiary/aromatic N) is 4. The normalized spacial score (nSPS) is 16.6. The molecule has 0 unspecified atom stereocenters. The van der Waals surface area contributed by atoms with Crippen molar-refractivity contribution in [3.05, 3.63) is 29.0 Å². The molecule has 0 saturated heterocycles. The van der Waals surface area contributed by atoms with Gasteiger partial charge >= 0.3 is 0 Å². The summed E-state index contributed by atoms with van der Waals surface area (Å²) in [5, 5.41) is 20.7. The molecule has 1 saturated carbocycles. The molecule has 3 heterocycles. The second-order valence-electron chi connectivity index (χ2n) is 6.08. The molecule has 0 aromatic carbocycles. The van der Waals surface area contributed by atoms with Crippen molar-refractivity contribution in [1.29, 1.82) is 0 Å². The van der Waals surface area contributed by atoms with Gasteiger partial charge in [0, 0.05) is 17.5 Å². The fourth-order valence-electron chi connectivity index (χ4n) is 3.07. The molecule has 22 heavy (non-hydrogen) atoms. The number of anilines is 1. The number of hydrogen-bond donors (Lipinski definition) is 1. The lowest BCUT2D eigenvalue weighted by molar-refractivity contribution is 0.145. The van der Waals surface area contributed by atoms with Crippen LogP contribution in [0.25, 0.3) is 17.0 Å². The molecule has 1 N–H and O–H groups in total. The van der Waals surface area contributed by atoms with E-state index in [0.717, 1.165) is 29.4 Å². The summed E-state index contributed by atoms with van der Waals surface area (Å²) in [6, 6.07) is 6.00. The summed E-state index contributed by atoms with van der Waals surface area (Å²) in [7, 11) is 0. The summed E-state index contributed by atoms with van der Waals surface area (Å²) in [4.78, 5) is 0. The van der Waals surface area contributed by atoms with Gasteiger partial charge in [-0.25, -0.2) is 0 Å². The minimum absolute atomic E-state index is 0.472. The highest BCUT2D eigenvalue weighted by atomic mass is 32.1. The molecule has 5 nitrogen and oxygen atoms in total. The smallest absolute Gasteiger partial charge is 0.186 e. The zero-order chi connectivity index (χ0) is 15.0. The molecule has 1 fully saturated rings. The largest absolute Gasteiger partial charge is 0.368 e. The van der Waals surface area contributed by atoms with E-state index in [1.807, 2.05) is 28.1 Å². The minimum atomic E-state index is 0.472. The number of hydrogen-bond acceptors (Lipinski definition) is 5. The van der Waals surface area contributed by atoms with Crippen LogP contribution in [0.4, 0.5) is 5.82 Å². The van der Waals surface area contributed by atoms with Crippen molar-refractivity contribution < 1.29 is 0 Å². The Hall–Kier alpha value is -1.95. The molecular formula is C16H19N5S. The van der Waals surface area contributed by atoms with Crippen LogP contribution < -0.4 is 5.32 Å². The Labute approximate surface area is 133 Å². The molecule has 1 aliphatic rings. The van der Waals surface area contributed by atoms with Gasteiger partial charge in [-0.1, -0.05) is 13.3 Å². The molecule has 4 rings (SSSR count).